The van der Waals surface area contributed by atoms with E-state index in [2.05, 4.69) is 22.5 Å². The smallest absolute Gasteiger partial charge is 0.412 e. The third-order valence-electron chi connectivity index (χ3n) is 7.02. The average Bonchev–Trinajstić information content (AvgIpc) is 3.52. The number of rotatable bonds is 5. The number of hydrogen-bond acceptors (Lipinski definition) is 5. The highest BCUT2D eigenvalue weighted by atomic mass is 16.5. The minimum absolute atomic E-state index is 0.0656. The van der Waals surface area contributed by atoms with E-state index in [9.17, 15) is 19.5 Å². The second-order valence-corrected chi connectivity index (χ2v) is 9.13. The Labute approximate surface area is 202 Å². The van der Waals surface area contributed by atoms with Crippen molar-refractivity contribution in [2.24, 2.45) is 7.05 Å². The molecule has 35 heavy (non-hydrogen) atoms. The number of aromatic nitrogens is 2. The van der Waals surface area contributed by atoms with Crippen LogP contribution in [0.1, 0.15) is 47.3 Å². The SMILES string of the molecule is Cn1nc(C(=O)N2CCC[C@@]2(C)C(=O)O)cc1NC(=O)OCC1c2ccccc2-c2ccccc21. The van der Waals surface area contributed by atoms with Crippen LogP contribution in [0.5, 0.6) is 0 Å². The third kappa shape index (κ3) is 3.82. The fraction of sp³-hybridized carbons (Fsp3) is 0.308. The van der Waals surface area contributed by atoms with E-state index >= 15 is 0 Å². The summed E-state index contributed by atoms with van der Waals surface area (Å²) in [6.07, 6.45) is 0.322. The molecule has 1 aliphatic carbocycles. The lowest BCUT2D eigenvalue weighted by atomic mass is 9.98. The van der Waals surface area contributed by atoms with Crippen LogP contribution in [0.4, 0.5) is 10.6 Å². The Morgan fingerprint density at radius 2 is 1.74 bits per heavy atom. The van der Waals surface area contributed by atoms with Gasteiger partial charge in [0.05, 0.1) is 0 Å². The molecule has 0 spiro atoms. The van der Waals surface area contributed by atoms with Gasteiger partial charge in [0.15, 0.2) is 5.69 Å². The number of nitrogens with one attached hydrogen (secondary N) is 1. The lowest BCUT2D eigenvalue weighted by Crippen LogP contribution is -2.50. The van der Waals surface area contributed by atoms with Gasteiger partial charge in [-0.15, -0.1) is 0 Å². The maximum atomic E-state index is 13.0. The molecule has 1 aromatic heterocycles. The molecular weight excluding hydrogens is 448 g/mol. The van der Waals surface area contributed by atoms with Gasteiger partial charge in [-0.25, -0.2) is 9.59 Å². The Hall–Kier alpha value is -4.14. The van der Waals surface area contributed by atoms with Crippen molar-refractivity contribution in [2.75, 3.05) is 18.5 Å². The predicted molar refractivity (Wildman–Crippen MR) is 128 cm³/mol. The average molecular weight is 475 g/mol. The van der Waals surface area contributed by atoms with Crippen LogP contribution in [0.25, 0.3) is 11.1 Å². The number of fused-ring (bicyclic) bond motifs is 3. The van der Waals surface area contributed by atoms with Crippen molar-refractivity contribution >= 4 is 23.8 Å². The van der Waals surface area contributed by atoms with E-state index in [4.69, 9.17) is 4.74 Å². The van der Waals surface area contributed by atoms with Gasteiger partial charge in [-0.3, -0.25) is 14.8 Å². The van der Waals surface area contributed by atoms with Crippen molar-refractivity contribution in [1.82, 2.24) is 14.7 Å². The zero-order valence-corrected chi connectivity index (χ0v) is 19.5. The summed E-state index contributed by atoms with van der Waals surface area (Å²) >= 11 is 0. The summed E-state index contributed by atoms with van der Waals surface area (Å²) in [5.74, 6) is -1.32. The number of aliphatic carboxylic acids is 1. The molecule has 9 nitrogen and oxygen atoms in total. The molecule has 0 saturated carbocycles. The van der Waals surface area contributed by atoms with Gasteiger partial charge in [-0.1, -0.05) is 48.5 Å². The van der Waals surface area contributed by atoms with Gasteiger partial charge in [-0.2, -0.15) is 5.10 Å². The van der Waals surface area contributed by atoms with Crippen molar-refractivity contribution in [3.63, 3.8) is 0 Å². The molecule has 2 aliphatic rings. The zero-order valence-electron chi connectivity index (χ0n) is 19.5. The number of anilines is 1. The van der Waals surface area contributed by atoms with Crippen molar-refractivity contribution in [3.8, 4) is 11.1 Å². The number of hydrogen-bond donors (Lipinski definition) is 2. The number of aryl methyl sites for hydroxylation is 1. The first kappa shape index (κ1) is 22.6. The Kier molecular flexibility index (Phi) is 5.55. The van der Waals surface area contributed by atoms with E-state index in [1.54, 1.807) is 14.0 Å². The minimum atomic E-state index is -1.27. The Morgan fingerprint density at radius 3 is 2.37 bits per heavy atom. The predicted octanol–water partition coefficient (Wildman–Crippen LogP) is 3.86. The summed E-state index contributed by atoms with van der Waals surface area (Å²) in [6, 6.07) is 17.6. The fourth-order valence-corrected chi connectivity index (χ4v) is 5.08. The highest BCUT2D eigenvalue weighted by Crippen LogP contribution is 2.44. The van der Waals surface area contributed by atoms with Crippen LogP contribution in [-0.4, -0.2) is 56.4 Å². The van der Waals surface area contributed by atoms with E-state index < -0.39 is 23.5 Å². The molecule has 1 atom stereocenters. The first-order valence-corrected chi connectivity index (χ1v) is 11.5. The molecule has 5 rings (SSSR count). The minimum Gasteiger partial charge on any atom is -0.480 e. The molecule has 2 heterocycles. The molecule has 2 aromatic carbocycles. The summed E-state index contributed by atoms with van der Waals surface area (Å²) in [5.41, 5.74) is 3.30. The standard InChI is InChI=1S/C26H26N4O5/c1-26(24(32)33)12-7-13-30(26)23(31)21-14-22(29(2)28-21)27-25(34)35-15-20-18-10-5-3-8-16(18)17-9-4-6-11-19(17)20/h3-6,8-11,14,20H,7,12-13,15H2,1-2H3,(H,27,34)(H,32,33)/t26-/m0/s1. The van der Waals surface area contributed by atoms with Crippen molar-refractivity contribution in [3.05, 3.63) is 71.4 Å². The van der Waals surface area contributed by atoms with Gasteiger partial charge in [0, 0.05) is 25.6 Å². The van der Waals surface area contributed by atoms with Crippen molar-refractivity contribution < 1.29 is 24.2 Å². The topological polar surface area (TPSA) is 114 Å². The highest BCUT2D eigenvalue weighted by Gasteiger charge is 2.46. The molecule has 9 heteroatoms. The van der Waals surface area contributed by atoms with Crippen LogP contribution < -0.4 is 5.32 Å². The maximum Gasteiger partial charge on any atom is 0.412 e. The normalized spacial score (nSPS) is 18.7. The number of nitrogens with zero attached hydrogens (tertiary/aromatic N) is 3. The zero-order chi connectivity index (χ0) is 24.7. The summed E-state index contributed by atoms with van der Waals surface area (Å²) < 4.78 is 6.93. The summed E-state index contributed by atoms with van der Waals surface area (Å²) in [7, 11) is 1.59. The summed E-state index contributed by atoms with van der Waals surface area (Å²) in [4.78, 5) is 38.7. The number of carbonyl (C=O) groups is 3. The number of likely N-dealkylation sites (tertiary alicyclic amines) is 1. The largest absolute Gasteiger partial charge is 0.480 e. The van der Waals surface area contributed by atoms with Gasteiger partial charge < -0.3 is 14.7 Å². The molecule has 0 bridgehead atoms. The van der Waals surface area contributed by atoms with Crippen molar-refractivity contribution in [1.29, 1.82) is 0 Å². The lowest BCUT2D eigenvalue weighted by Gasteiger charge is -2.30. The molecule has 180 valence electrons. The maximum absolute atomic E-state index is 13.0. The Bertz CT molecular complexity index is 1290. The second kappa shape index (κ2) is 8.57. The molecular formula is C26H26N4O5. The number of carboxylic acids is 1. The molecule has 0 unspecified atom stereocenters. The summed E-state index contributed by atoms with van der Waals surface area (Å²) in [6.45, 7) is 2.04. The Morgan fingerprint density at radius 1 is 1.11 bits per heavy atom. The fourth-order valence-electron chi connectivity index (χ4n) is 5.08. The van der Waals surface area contributed by atoms with Gasteiger partial charge in [0.25, 0.3) is 5.91 Å². The number of amides is 2. The molecule has 1 saturated heterocycles. The van der Waals surface area contributed by atoms with Gasteiger partial charge in [-0.05, 0) is 42.0 Å². The van der Waals surface area contributed by atoms with Gasteiger partial charge >= 0.3 is 12.1 Å². The van der Waals surface area contributed by atoms with E-state index in [0.717, 1.165) is 22.3 Å². The number of ether oxygens (including phenoxy) is 1. The number of carboxylic acid groups (broad SMARTS) is 1. The van der Waals surface area contributed by atoms with Crippen LogP contribution in [-0.2, 0) is 16.6 Å². The number of benzene rings is 2. The van der Waals surface area contributed by atoms with Gasteiger partial charge in [0.1, 0.15) is 18.0 Å². The van der Waals surface area contributed by atoms with Crippen LogP contribution in [0.2, 0.25) is 0 Å². The van der Waals surface area contributed by atoms with Crippen LogP contribution in [0.15, 0.2) is 54.6 Å². The van der Waals surface area contributed by atoms with Gasteiger partial charge in [0.2, 0.25) is 0 Å². The second-order valence-electron chi connectivity index (χ2n) is 9.13. The first-order valence-electron chi connectivity index (χ1n) is 11.5. The third-order valence-corrected chi connectivity index (χ3v) is 7.02. The molecule has 0 radical (unpaired) electrons. The highest BCUT2D eigenvalue weighted by molar-refractivity contribution is 5.98. The van der Waals surface area contributed by atoms with E-state index in [1.165, 1.54) is 15.6 Å². The molecule has 2 amide bonds. The molecule has 2 N–H and O–H groups in total. The van der Waals surface area contributed by atoms with E-state index in [-0.39, 0.29) is 24.0 Å². The van der Waals surface area contributed by atoms with E-state index in [0.29, 0.717) is 19.4 Å². The van der Waals surface area contributed by atoms with E-state index in [1.807, 2.05) is 36.4 Å². The Balaban J connectivity index is 1.27. The molecule has 3 aromatic rings. The molecule has 1 aliphatic heterocycles. The number of carbonyl (C=O) groups excluding carboxylic acids is 2. The quantitative estimate of drug-likeness (QED) is 0.581. The lowest BCUT2D eigenvalue weighted by molar-refractivity contribution is -0.147. The van der Waals surface area contributed by atoms with Crippen LogP contribution in [0, 0.1) is 0 Å². The van der Waals surface area contributed by atoms with Crippen LogP contribution >= 0.6 is 0 Å². The van der Waals surface area contributed by atoms with Crippen molar-refractivity contribution in [2.45, 2.75) is 31.2 Å². The molecule has 1 fully saturated rings. The monoisotopic (exact) mass is 474 g/mol. The van der Waals surface area contributed by atoms with Crippen LogP contribution in [0.3, 0.4) is 0 Å². The first-order chi connectivity index (χ1) is 16.8. The summed E-state index contributed by atoms with van der Waals surface area (Å²) in [5, 5.41) is 16.4.